The van der Waals surface area contributed by atoms with Crippen molar-refractivity contribution in [2.75, 3.05) is 20.6 Å². The number of allylic oxidation sites excluding steroid dienone is 4. The largest absolute Gasteiger partial charge is 0.345 e. The quantitative estimate of drug-likeness (QED) is 0.0725. The monoisotopic (exact) mass is 510 g/mol. The number of rotatable bonds is 3. The molecule has 0 N–H and O–H groups in total. The minimum Gasteiger partial charge on any atom is -0.345 e. The Bertz CT molecular complexity index is 819. The molecule has 8 unspecified atom stereocenters. The van der Waals surface area contributed by atoms with Crippen molar-refractivity contribution in [1.82, 2.24) is 0 Å². The van der Waals surface area contributed by atoms with Crippen molar-refractivity contribution in [1.29, 1.82) is 0 Å². The van der Waals surface area contributed by atoms with Crippen LogP contribution in [0.15, 0.2) is 41.7 Å². The molecule has 7 rings (SSSR count). The van der Waals surface area contributed by atoms with Crippen molar-refractivity contribution in [3.63, 3.8) is 0 Å². The molecule has 32 heavy (non-hydrogen) atoms. The molecule has 6 aliphatic carbocycles. The zero-order valence-corrected chi connectivity index (χ0v) is 22.3. The number of alkyl halides is 1. The van der Waals surface area contributed by atoms with E-state index in [0.717, 1.165) is 46.0 Å². The zero-order valence-electron chi connectivity index (χ0n) is 19.6. The van der Waals surface area contributed by atoms with Gasteiger partial charge in [-0.1, -0.05) is 54.3 Å². The minimum atomic E-state index is -0.170. The van der Waals surface area contributed by atoms with E-state index in [-0.39, 0.29) is 29.7 Å². The second-order valence-corrected chi connectivity index (χ2v) is 15.5. The van der Waals surface area contributed by atoms with E-state index in [9.17, 15) is 0 Å². The predicted octanol–water partition coefficient (Wildman–Crippen LogP) is 7.06. The van der Waals surface area contributed by atoms with Crippen LogP contribution in [0.25, 0.3) is 0 Å². The van der Waals surface area contributed by atoms with Crippen LogP contribution in [0, 0.1) is 42.4 Å². The summed E-state index contributed by atoms with van der Waals surface area (Å²) in [6, 6.07) is 0. The van der Waals surface area contributed by atoms with Gasteiger partial charge in [0.15, 0.2) is 4.74 Å². The van der Waals surface area contributed by atoms with Crippen LogP contribution in [0.1, 0.15) is 51.4 Å². The van der Waals surface area contributed by atoms with Crippen LogP contribution in [-0.2, 0) is 17.1 Å². The molecule has 4 heteroatoms. The van der Waals surface area contributed by atoms with Gasteiger partial charge in [-0.25, -0.2) is 12.5 Å². The van der Waals surface area contributed by atoms with Crippen LogP contribution >= 0.6 is 19.5 Å². The van der Waals surface area contributed by atoms with Crippen molar-refractivity contribution in [3.05, 3.63) is 54.5 Å². The number of likely N-dealkylation sites (N-methyl/N-ethyl adjacent to an activating group) is 1. The summed E-state index contributed by atoms with van der Waals surface area (Å²) in [7, 11) is 4.70. The molecule has 1 aliphatic heterocycles. The van der Waals surface area contributed by atoms with Gasteiger partial charge in [0.1, 0.15) is 0 Å². The van der Waals surface area contributed by atoms with Gasteiger partial charge in [-0.05, 0) is 81.4 Å². The molecule has 7 aliphatic rings. The molecule has 175 valence electrons. The second-order valence-electron chi connectivity index (χ2n) is 11.8. The molecule has 1 nitrogen and oxygen atoms in total. The third kappa shape index (κ3) is 3.68. The Labute approximate surface area is 212 Å². The molecule has 4 saturated carbocycles. The molecule has 0 aromatic rings. The normalized spacial score (nSPS) is 46.5. The summed E-state index contributed by atoms with van der Waals surface area (Å²) in [5.74, 6) is 4.54. The van der Waals surface area contributed by atoms with Crippen LogP contribution in [0.4, 0.5) is 0 Å². The molecular formula is C28H38ClFeNP. The average molecular weight is 511 g/mol. The van der Waals surface area contributed by atoms with Crippen molar-refractivity contribution in [3.8, 4) is 0 Å². The maximum absolute atomic E-state index is 7.95. The first-order valence-electron chi connectivity index (χ1n) is 12.7. The van der Waals surface area contributed by atoms with Crippen LogP contribution in [0.3, 0.4) is 0 Å². The minimum absolute atomic E-state index is 0. The fourth-order valence-corrected chi connectivity index (χ4v) is 14.7. The van der Waals surface area contributed by atoms with Crippen LogP contribution in [0.5, 0.6) is 0 Å². The average Bonchev–Trinajstić information content (AvgIpc) is 3.58. The number of fused-ring (bicyclic) bond motifs is 5. The molecule has 0 amide bonds. The van der Waals surface area contributed by atoms with Gasteiger partial charge in [-0.15, -0.1) is 0 Å². The van der Waals surface area contributed by atoms with Crippen molar-refractivity contribution in [2.45, 2.75) is 67.4 Å². The number of likely N-dealkylation sites (tertiary alicyclic amines) is 1. The third-order valence-electron chi connectivity index (χ3n) is 9.78. The number of halogens is 1. The van der Waals surface area contributed by atoms with Gasteiger partial charge in [0.25, 0.3) is 0 Å². The fraction of sp³-hybridized carbons (Fsp3) is 0.679. The second kappa shape index (κ2) is 8.94. The standard InChI is InChI=1S/C23H33ClNP.C5H5.Fe/c1-25(2)14-19-4-3-5-20(19)23(25,24)26(21-12-15-6-8-17(21)10-15)22-13-16-7-9-18(22)11-16;1-2-4-5-3-1;/h3,5,15-18,20-22H,6-14H2,1-2H3;1-5H;. The molecule has 8 atom stereocenters. The Morgan fingerprint density at radius 3 is 1.97 bits per heavy atom. The molecule has 4 bridgehead atoms. The van der Waals surface area contributed by atoms with E-state index in [1.807, 2.05) is 30.7 Å². The summed E-state index contributed by atoms with van der Waals surface area (Å²) >= 11 is 7.95. The van der Waals surface area contributed by atoms with Gasteiger partial charge in [0.05, 0.1) is 20.6 Å². The summed E-state index contributed by atoms with van der Waals surface area (Å²) in [6.07, 6.45) is 26.7. The summed E-state index contributed by atoms with van der Waals surface area (Å²) in [5.41, 5.74) is 6.99. The van der Waals surface area contributed by atoms with Gasteiger partial charge >= 0.3 is 0 Å². The van der Waals surface area contributed by atoms with E-state index >= 15 is 0 Å². The first-order chi connectivity index (χ1) is 15.0. The van der Waals surface area contributed by atoms with E-state index in [1.54, 1.807) is 0 Å². The SMILES string of the molecule is C[N+]1(C)CC2=C=C[CH-]C2C1(Cl)P(C1CC2CCC1C2)C1CC2CCC1C2.[CH]1C=CC=C1.[Fe]. The summed E-state index contributed by atoms with van der Waals surface area (Å²) in [4.78, 5) is 0. The molecule has 0 spiro atoms. The van der Waals surface area contributed by atoms with Crippen molar-refractivity contribution in [2.24, 2.45) is 29.6 Å². The summed E-state index contributed by atoms with van der Waals surface area (Å²) in [5, 5.41) is 0. The van der Waals surface area contributed by atoms with Gasteiger partial charge in [0, 0.05) is 29.4 Å². The molecule has 5 fully saturated rings. The predicted molar refractivity (Wildman–Crippen MR) is 133 cm³/mol. The fourth-order valence-electron chi connectivity index (χ4n) is 8.47. The molecule has 0 aromatic carbocycles. The van der Waals surface area contributed by atoms with Crippen LogP contribution < -0.4 is 0 Å². The maximum Gasteiger partial charge on any atom is 0.185 e. The van der Waals surface area contributed by atoms with E-state index in [2.05, 4.69) is 32.3 Å². The van der Waals surface area contributed by atoms with Crippen molar-refractivity contribution < 1.29 is 21.6 Å². The molecule has 1 heterocycles. The van der Waals surface area contributed by atoms with Gasteiger partial charge in [-0.2, -0.15) is 0 Å². The van der Waals surface area contributed by atoms with Crippen LogP contribution in [-0.4, -0.2) is 41.2 Å². The van der Waals surface area contributed by atoms with Crippen LogP contribution in [0.2, 0.25) is 0 Å². The Morgan fingerprint density at radius 2 is 1.53 bits per heavy atom. The first-order valence-corrected chi connectivity index (χ1v) is 14.6. The molecular weight excluding hydrogens is 473 g/mol. The Kier molecular flexibility index (Phi) is 6.64. The van der Waals surface area contributed by atoms with Gasteiger partial charge < -0.3 is 10.2 Å². The smallest absolute Gasteiger partial charge is 0.185 e. The molecule has 1 radical (unpaired) electrons. The Hall–Kier alpha value is 0.0695. The van der Waals surface area contributed by atoms with E-state index < -0.39 is 0 Å². The first kappa shape index (κ1) is 23.8. The third-order valence-corrected chi connectivity index (χ3v) is 15.3. The summed E-state index contributed by atoms with van der Waals surface area (Å²) in [6.45, 7) is 1.11. The summed E-state index contributed by atoms with van der Waals surface area (Å²) < 4.78 is 0.925. The molecule has 1 saturated heterocycles. The Morgan fingerprint density at radius 1 is 0.938 bits per heavy atom. The van der Waals surface area contributed by atoms with Gasteiger partial charge in [-0.3, -0.25) is 0 Å². The number of hydrogen-bond acceptors (Lipinski definition) is 0. The van der Waals surface area contributed by atoms with Crippen molar-refractivity contribution >= 4 is 19.5 Å². The number of nitrogens with zero attached hydrogens (tertiary/aromatic N) is 1. The van der Waals surface area contributed by atoms with E-state index in [4.69, 9.17) is 11.6 Å². The van der Waals surface area contributed by atoms with E-state index in [0.29, 0.717) is 5.92 Å². The Balaban J connectivity index is 0.000000321. The maximum atomic E-state index is 7.95. The zero-order chi connectivity index (χ0) is 21.2. The molecule has 0 aromatic heterocycles. The number of hydrogen-bond donors (Lipinski definition) is 0. The van der Waals surface area contributed by atoms with Gasteiger partial charge in [0.2, 0.25) is 0 Å². The number of quaternary nitrogens is 1. The van der Waals surface area contributed by atoms with E-state index in [1.165, 1.54) is 56.9 Å². The topological polar surface area (TPSA) is 0 Å².